The van der Waals surface area contributed by atoms with Gasteiger partial charge in [0.05, 0.1) is 13.2 Å². The molecule has 0 fully saturated rings. The molecule has 0 aromatic heterocycles. The highest BCUT2D eigenvalue weighted by atomic mass is 16.9. The number of hydrogen-bond acceptors (Lipinski definition) is 3. The van der Waals surface area contributed by atoms with Gasteiger partial charge in [0.2, 0.25) is 0 Å². The maximum atomic E-state index is 6.17. The van der Waals surface area contributed by atoms with Crippen LogP contribution in [0.3, 0.4) is 0 Å². The van der Waals surface area contributed by atoms with Crippen molar-refractivity contribution in [2.24, 2.45) is 5.92 Å². The van der Waals surface area contributed by atoms with Crippen LogP contribution in [0, 0.1) is 5.92 Å². The third-order valence-electron chi connectivity index (χ3n) is 4.98. The molecule has 0 amide bonds. The van der Waals surface area contributed by atoms with Crippen LogP contribution in [0.2, 0.25) is 0 Å². The van der Waals surface area contributed by atoms with Crippen LogP contribution in [0.5, 0.6) is 0 Å². The number of ether oxygens (including phenoxy) is 3. The van der Waals surface area contributed by atoms with Crippen molar-refractivity contribution < 1.29 is 14.2 Å². The van der Waals surface area contributed by atoms with E-state index in [2.05, 4.69) is 27.7 Å². The van der Waals surface area contributed by atoms with Crippen molar-refractivity contribution in [2.45, 2.75) is 117 Å². The first kappa shape index (κ1) is 24.9. The number of methoxy groups -OCH3 is 1. The molecule has 0 spiro atoms. The van der Waals surface area contributed by atoms with Crippen LogP contribution < -0.4 is 0 Å². The summed E-state index contributed by atoms with van der Waals surface area (Å²) >= 11 is 0. The molecule has 152 valence electrons. The Balaban J connectivity index is 4.42. The molecule has 3 heteroatoms. The zero-order chi connectivity index (χ0) is 18.8. The minimum Gasteiger partial charge on any atom is -0.331 e. The summed E-state index contributed by atoms with van der Waals surface area (Å²) in [4.78, 5) is 0. The first-order chi connectivity index (χ1) is 12.2. The molecule has 0 saturated carbocycles. The summed E-state index contributed by atoms with van der Waals surface area (Å²) in [5.74, 6) is -0.600. The maximum Gasteiger partial charge on any atom is 0.285 e. The second kappa shape index (κ2) is 17.3. The lowest BCUT2D eigenvalue weighted by molar-refractivity contribution is -0.395. The lowest BCUT2D eigenvalue weighted by Crippen LogP contribution is -2.45. The van der Waals surface area contributed by atoms with Crippen molar-refractivity contribution in [3.8, 4) is 0 Å². The van der Waals surface area contributed by atoms with Crippen LogP contribution in [-0.2, 0) is 14.2 Å². The van der Waals surface area contributed by atoms with E-state index in [4.69, 9.17) is 14.2 Å². The van der Waals surface area contributed by atoms with E-state index >= 15 is 0 Å². The third-order valence-corrected chi connectivity index (χ3v) is 4.98. The summed E-state index contributed by atoms with van der Waals surface area (Å²) in [5.41, 5.74) is 0. The van der Waals surface area contributed by atoms with Crippen LogP contribution in [0.4, 0.5) is 0 Å². The molecule has 0 aromatic carbocycles. The van der Waals surface area contributed by atoms with Gasteiger partial charge < -0.3 is 14.2 Å². The number of hydrogen-bond donors (Lipinski definition) is 0. The van der Waals surface area contributed by atoms with Crippen molar-refractivity contribution in [1.82, 2.24) is 0 Å². The standard InChI is InChI=1S/C22H46O3/c1-6-9-12-13-14-15-18-21(4)22(23-5,24-19-16-10-7-2)25-20-17-11-8-3/h21H,6-20H2,1-5H3. The largest absolute Gasteiger partial charge is 0.331 e. The van der Waals surface area contributed by atoms with E-state index < -0.39 is 5.97 Å². The molecule has 0 rings (SSSR count). The first-order valence-corrected chi connectivity index (χ1v) is 11.0. The molecule has 3 nitrogen and oxygen atoms in total. The van der Waals surface area contributed by atoms with Crippen molar-refractivity contribution in [2.75, 3.05) is 20.3 Å². The van der Waals surface area contributed by atoms with Crippen molar-refractivity contribution >= 4 is 0 Å². The molecule has 0 aromatic rings. The van der Waals surface area contributed by atoms with E-state index in [1.807, 2.05) is 0 Å². The summed E-state index contributed by atoms with van der Waals surface area (Å²) in [6.45, 7) is 10.3. The molecule has 0 N–H and O–H groups in total. The Hall–Kier alpha value is -0.120. The van der Waals surface area contributed by atoms with Gasteiger partial charge in [0.15, 0.2) is 0 Å². The number of unbranched alkanes of at least 4 members (excludes halogenated alkanes) is 9. The molecule has 0 aliphatic heterocycles. The van der Waals surface area contributed by atoms with E-state index in [9.17, 15) is 0 Å². The molecule has 1 unspecified atom stereocenters. The Bertz CT molecular complexity index is 256. The molecule has 0 aliphatic carbocycles. The minimum absolute atomic E-state index is 0.256. The zero-order valence-electron chi connectivity index (χ0n) is 17.9. The SMILES string of the molecule is CCCCCCCCC(C)C(OC)(OCCCCC)OCCCCC. The van der Waals surface area contributed by atoms with Crippen molar-refractivity contribution in [1.29, 1.82) is 0 Å². The highest BCUT2D eigenvalue weighted by molar-refractivity contribution is 4.68. The molecule has 0 aliphatic rings. The van der Waals surface area contributed by atoms with E-state index in [1.54, 1.807) is 7.11 Å². The van der Waals surface area contributed by atoms with Crippen LogP contribution in [0.1, 0.15) is 111 Å². The second-order valence-corrected chi connectivity index (χ2v) is 7.38. The fourth-order valence-corrected chi connectivity index (χ4v) is 3.19. The van der Waals surface area contributed by atoms with Gasteiger partial charge in [-0.3, -0.25) is 0 Å². The molecular weight excluding hydrogens is 312 g/mol. The normalized spacial score (nSPS) is 13.3. The Morgan fingerprint density at radius 3 is 1.56 bits per heavy atom. The Morgan fingerprint density at radius 1 is 0.640 bits per heavy atom. The molecule has 0 heterocycles. The zero-order valence-corrected chi connectivity index (χ0v) is 17.9. The van der Waals surface area contributed by atoms with Gasteiger partial charge in [-0.2, -0.15) is 0 Å². The fraction of sp³-hybridized carbons (Fsp3) is 1.00. The minimum atomic E-state index is -0.856. The Kier molecular flexibility index (Phi) is 17.2. The van der Waals surface area contributed by atoms with Crippen molar-refractivity contribution in [3.05, 3.63) is 0 Å². The topological polar surface area (TPSA) is 27.7 Å². The monoisotopic (exact) mass is 358 g/mol. The van der Waals surface area contributed by atoms with Crippen molar-refractivity contribution in [3.63, 3.8) is 0 Å². The smallest absolute Gasteiger partial charge is 0.285 e. The van der Waals surface area contributed by atoms with Gasteiger partial charge in [0.25, 0.3) is 5.97 Å². The van der Waals surface area contributed by atoms with Gasteiger partial charge in [-0.25, -0.2) is 0 Å². The fourth-order valence-electron chi connectivity index (χ4n) is 3.19. The Labute approximate surface area is 158 Å². The molecular formula is C22H46O3. The van der Waals surface area contributed by atoms with Crippen LogP contribution >= 0.6 is 0 Å². The summed E-state index contributed by atoms with van der Waals surface area (Å²) in [7, 11) is 1.73. The summed E-state index contributed by atoms with van der Waals surface area (Å²) in [6.07, 6.45) is 15.9. The van der Waals surface area contributed by atoms with Gasteiger partial charge >= 0.3 is 0 Å². The highest BCUT2D eigenvalue weighted by Gasteiger charge is 2.38. The van der Waals surface area contributed by atoms with Crippen LogP contribution in [0.15, 0.2) is 0 Å². The molecule has 0 saturated heterocycles. The number of rotatable bonds is 19. The average Bonchev–Trinajstić information content (AvgIpc) is 2.63. The highest BCUT2D eigenvalue weighted by Crippen LogP contribution is 2.30. The summed E-state index contributed by atoms with van der Waals surface area (Å²) < 4.78 is 18.2. The predicted octanol–water partition coefficient (Wildman–Crippen LogP) is 7.09. The van der Waals surface area contributed by atoms with E-state index in [0.717, 1.165) is 32.5 Å². The third kappa shape index (κ3) is 12.0. The predicted molar refractivity (Wildman–Crippen MR) is 108 cm³/mol. The van der Waals surface area contributed by atoms with E-state index in [1.165, 1.54) is 64.2 Å². The Morgan fingerprint density at radius 2 is 1.08 bits per heavy atom. The van der Waals surface area contributed by atoms with E-state index in [-0.39, 0.29) is 5.92 Å². The maximum absolute atomic E-state index is 6.17. The van der Waals surface area contributed by atoms with Gasteiger partial charge in [-0.1, -0.05) is 91.9 Å². The van der Waals surface area contributed by atoms with Crippen LogP contribution in [0.25, 0.3) is 0 Å². The lowest BCUT2D eigenvalue weighted by Gasteiger charge is -2.37. The average molecular weight is 359 g/mol. The molecule has 0 bridgehead atoms. The van der Waals surface area contributed by atoms with Gasteiger partial charge in [-0.15, -0.1) is 0 Å². The second-order valence-electron chi connectivity index (χ2n) is 7.38. The molecule has 25 heavy (non-hydrogen) atoms. The lowest BCUT2D eigenvalue weighted by atomic mass is 9.99. The molecule has 0 radical (unpaired) electrons. The molecule has 1 atom stereocenters. The van der Waals surface area contributed by atoms with Gasteiger partial charge in [0.1, 0.15) is 0 Å². The van der Waals surface area contributed by atoms with E-state index in [0.29, 0.717) is 0 Å². The summed E-state index contributed by atoms with van der Waals surface area (Å²) in [5, 5.41) is 0. The van der Waals surface area contributed by atoms with Crippen LogP contribution in [-0.4, -0.2) is 26.3 Å². The first-order valence-electron chi connectivity index (χ1n) is 11.0. The van der Waals surface area contributed by atoms with Gasteiger partial charge in [0, 0.05) is 13.0 Å². The van der Waals surface area contributed by atoms with Gasteiger partial charge in [-0.05, 0) is 19.3 Å². The quantitative estimate of drug-likeness (QED) is 0.182. The summed E-state index contributed by atoms with van der Waals surface area (Å²) in [6, 6.07) is 0.